The van der Waals surface area contributed by atoms with E-state index >= 15 is 0 Å². The van der Waals surface area contributed by atoms with Crippen LogP contribution in [0.4, 0.5) is 15.9 Å². The Morgan fingerprint density at radius 3 is 2.69 bits per heavy atom. The molecule has 184 valence electrons. The lowest BCUT2D eigenvalue weighted by Crippen LogP contribution is -2.48. The number of piperidine rings is 1. The second-order valence-corrected chi connectivity index (χ2v) is 9.15. The minimum absolute atomic E-state index is 0.0248. The molecule has 8 nitrogen and oxygen atoms in total. The first-order valence-electron chi connectivity index (χ1n) is 11.8. The van der Waals surface area contributed by atoms with Gasteiger partial charge < -0.3 is 19.7 Å². The molecule has 35 heavy (non-hydrogen) atoms. The van der Waals surface area contributed by atoms with Gasteiger partial charge in [0.25, 0.3) is 0 Å². The van der Waals surface area contributed by atoms with E-state index in [-0.39, 0.29) is 17.0 Å². The van der Waals surface area contributed by atoms with Crippen molar-refractivity contribution in [2.24, 2.45) is 0 Å². The second-order valence-electron chi connectivity index (χ2n) is 8.74. The van der Waals surface area contributed by atoms with Gasteiger partial charge in [0.1, 0.15) is 29.8 Å². The molecule has 3 heterocycles. The van der Waals surface area contributed by atoms with Crippen LogP contribution in [-0.2, 0) is 9.53 Å². The Hall–Kier alpha value is -3.01. The summed E-state index contributed by atoms with van der Waals surface area (Å²) in [6, 6.07) is 10.1. The number of likely N-dealkylation sites (tertiary alicyclic amines) is 1. The van der Waals surface area contributed by atoms with Crippen LogP contribution in [0.2, 0.25) is 5.02 Å². The highest BCUT2D eigenvalue weighted by Gasteiger charge is 2.25. The maximum atomic E-state index is 13.5. The number of amides is 1. The number of anilines is 2. The third-order valence-electron chi connectivity index (χ3n) is 6.35. The number of hydrogen-bond donors (Lipinski definition) is 1. The molecular formula is C25H27ClFN5O3. The molecule has 5 rings (SSSR count). The van der Waals surface area contributed by atoms with Gasteiger partial charge in [-0.1, -0.05) is 11.6 Å². The van der Waals surface area contributed by atoms with Gasteiger partial charge in [-0.15, -0.1) is 0 Å². The van der Waals surface area contributed by atoms with E-state index in [1.807, 2.05) is 23.1 Å². The van der Waals surface area contributed by atoms with E-state index in [4.69, 9.17) is 21.1 Å². The smallest absolute Gasteiger partial charge is 0.236 e. The standard InChI is InChI=1S/C25H27ClFN5O3/c26-21-13-17(1-3-22(21)27)30-25-20-14-19(2-4-23(20)28-16-29-25)35-18-5-7-32(8-6-18)24(33)15-31-9-11-34-12-10-31/h1-4,13-14,16,18H,5-12,15H2,(H,28,29,30). The lowest BCUT2D eigenvalue weighted by Gasteiger charge is -2.34. The Labute approximate surface area is 208 Å². The Morgan fingerprint density at radius 1 is 1.11 bits per heavy atom. The Morgan fingerprint density at radius 2 is 1.91 bits per heavy atom. The molecule has 2 fully saturated rings. The van der Waals surface area contributed by atoms with E-state index in [1.54, 1.807) is 6.07 Å². The lowest BCUT2D eigenvalue weighted by molar-refractivity contribution is -0.135. The van der Waals surface area contributed by atoms with Gasteiger partial charge in [-0.25, -0.2) is 14.4 Å². The molecule has 0 atom stereocenters. The molecule has 2 aliphatic heterocycles. The number of aromatic nitrogens is 2. The number of carbonyl (C=O) groups is 1. The quantitative estimate of drug-likeness (QED) is 0.551. The highest BCUT2D eigenvalue weighted by atomic mass is 35.5. The number of rotatable bonds is 6. The van der Waals surface area contributed by atoms with Crippen LogP contribution in [0.25, 0.3) is 10.9 Å². The fraction of sp³-hybridized carbons (Fsp3) is 0.400. The van der Waals surface area contributed by atoms with E-state index in [0.717, 1.165) is 36.8 Å². The third-order valence-corrected chi connectivity index (χ3v) is 6.64. The first-order chi connectivity index (χ1) is 17.0. The van der Waals surface area contributed by atoms with Crippen LogP contribution in [0.15, 0.2) is 42.7 Å². The summed E-state index contributed by atoms with van der Waals surface area (Å²) >= 11 is 5.91. The number of benzene rings is 2. The van der Waals surface area contributed by atoms with E-state index < -0.39 is 5.82 Å². The van der Waals surface area contributed by atoms with E-state index in [0.29, 0.717) is 50.1 Å². The zero-order valence-corrected chi connectivity index (χ0v) is 20.0. The number of nitrogens with one attached hydrogen (secondary N) is 1. The molecule has 0 unspecified atom stereocenters. The molecule has 2 aliphatic rings. The summed E-state index contributed by atoms with van der Waals surface area (Å²) in [5, 5.41) is 4.00. The Balaban J connectivity index is 1.21. The average Bonchev–Trinajstić information content (AvgIpc) is 2.88. The second kappa shape index (κ2) is 10.7. The summed E-state index contributed by atoms with van der Waals surface area (Å²) in [7, 11) is 0. The van der Waals surface area contributed by atoms with Crippen molar-refractivity contribution in [1.29, 1.82) is 0 Å². The van der Waals surface area contributed by atoms with Gasteiger partial charge in [0.2, 0.25) is 5.91 Å². The molecular weight excluding hydrogens is 473 g/mol. The zero-order valence-electron chi connectivity index (χ0n) is 19.3. The highest BCUT2D eigenvalue weighted by Crippen LogP contribution is 2.29. The van der Waals surface area contributed by atoms with Crippen LogP contribution in [0.5, 0.6) is 5.75 Å². The molecule has 2 saturated heterocycles. The number of hydrogen-bond acceptors (Lipinski definition) is 7. The van der Waals surface area contributed by atoms with E-state index in [9.17, 15) is 9.18 Å². The van der Waals surface area contributed by atoms with E-state index in [2.05, 4.69) is 20.2 Å². The molecule has 0 radical (unpaired) electrons. The van der Waals surface area contributed by atoms with Gasteiger partial charge in [-0.2, -0.15) is 0 Å². The largest absolute Gasteiger partial charge is 0.490 e. The summed E-state index contributed by atoms with van der Waals surface area (Å²) < 4.78 is 25.1. The number of ether oxygens (including phenoxy) is 2. The fourth-order valence-electron chi connectivity index (χ4n) is 4.39. The molecule has 3 aromatic rings. The van der Waals surface area contributed by atoms with Crippen LogP contribution in [0, 0.1) is 5.82 Å². The van der Waals surface area contributed by atoms with Gasteiger partial charge in [-0.05, 0) is 36.4 Å². The van der Waals surface area contributed by atoms with E-state index in [1.165, 1.54) is 18.5 Å². The number of fused-ring (bicyclic) bond motifs is 1. The van der Waals surface area contributed by atoms with Crippen LogP contribution in [0.1, 0.15) is 12.8 Å². The molecule has 0 aliphatic carbocycles. The number of carbonyl (C=O) groups excluding carboxylic acids is 1. The maximum absolute atomic E-state index is 13.5. The first kappa shape index (κ1) is 23.7. The van der Waals surface area contributed by atoms with Crippen molar-refractivity contribution in [1.82, 2.24) is 19.8 Å². The van der Waals surface area contributed by atoms with Crippen molar-refractivity contribution in [3.8, 4) is 5.75 Å². The van der Waals surface area contributed by atoms with Crippen molar-refractivity contribution < 1.29 is 18.7 Å². The van der Waals surface area contributed by atoms with Crippen LogP contribution >= 0.6 is 11.6 Å². The van der Waals surface area contributed by atoms with Gasteiger partial charge in [0, 0.05) is 50.1 Å². The van der Waals surface area contributed by atoms with Crippen LogP contribution in [0.3, 0.4) is 0 Å². The Bertz CT molecular complexity index is 1200. The van der Waals surface area contributed by atoms with Gasteiger partial charge in [0.05, 0.1) is 30.3 Å². The van der Waals surface area contributed by atoms with Crippen LogP contribution in [-0.4, -0.2) is 77.7 Å². The monoisotopic (exact) mass is 499 g/mol. The van der Waals surface area contributed by atoms with Crippen molar-refractivity contribution in [2.45, 2.75) is 18.9 Å². The molecule has 0 saturated carbocycles. The predicted molar refractivity (Wildman–Crippen MR) is 132 cm³/mol. The molecule has 1 N–H and O–H groups in total. The summed E-state index contributed by atoms with van der Waals surface area (Å²) in [5.74, 6) is 0.983. The predicted octanol–water partition coefficient (Wildman–Crippen LogP) is 3.87. The van der Waals surface area contributed by atoms with Crippen molar-refractivity contribution >= 4 is 39.9 Å². The highest BCUT2D eigenvalue weighted by molar-refractivity contribution is 6.31. The average molecular weight is 500 g/mol. The van der Waals surface area contributed by atoms with Gasteiger partial charge in [0.15, 0.2) is 0 Å². The summed E-state index contributed by atoms with van der Waals surface area (Å²) in [4.78, 5) is 25.4. The third kappa shape index (κ3) is 5.80. The summed E-state index contributed by atoms with van der Waals surface area (Å²) in [6.07, 6.45) is 3.05. The molecule has 10 heteroatoms. The maximum Gasteiger partial charge on any atom is 0.236 e. The first-order valence-corrected chi connectivity index (χ1v) is 12.1. The molecule has 1 aromatic heterocycles. The zero-order chi connectivity index (χ0) is 24.2. The molecule has 0 spiro atoms. The van der Waals surface area contributed by atoms with Crippen molar-refractivity contribution in [3.63, 3.8) is 0 Å². The molecule has 2 aromatic carbocycles. The fourth-order valence-corrected chi connectivity index (χ4v) is 4.57. The van der Waals surface area contributed by atoms with Crippen molar-refractivity contribution in [3.05, 3.63) is 53.6 Å². The molecule has 1 amide bonds. The topological polar surface area (TPSA) is 79.8 Å². The number of morpholine rings is 1. The minimum atomic E-state index is -0.478. The summed E-state index contributed by atoms with van der Waals surface area (Å²) in [5.41, 5.74) is 1.38. The Kier molecular flexibility index (Phi) is 7.26. The van der Waals surface area contributed by atoms with Gasteiger partial charge in [-0.3, -0.25) is 9.69 Å². The number of halogens is 2. The SMILES string of the molecule is O=C(CN1CCOCC1)N1CCC(Oc2ccc3ncnc(Nc4ccc(F)c(Cl)c4)c3c2)CC1. The number of nitrogens with zero attached hydrogens (tertiary/aromatic N) is 4. The summed E-state index contributed by atoms with van der Waals surface area (Å²) in [6.45, 7) is 4.81. The van der Waals surface area contributed by atoms with Crippen LogP contribution < -0.4 is 10.1 Å². The lowest BCUT2D eigenvalue weighted by atomic mass is 10.1. The normalized spacial score (nSPS) is 17.5. The molecule has 0 bridgehead atoms. The van der Waals surface area contributed by atoms with Gasteiger partial charge >= 0.3 is 0 Å². The van der Waals surface area contributed by atoms with Crippen molar-refractivity contribution in [2.75, 3.05) is 51.3 Å². The minimum Gasteiger partial charge on any atom is -0.490 e.